The predicted octanol–water partition coefficient (Wildman–Crippen LogP) is 11.6. The Morgan fingerprint density at radius 2 is 0.939 bits per heavy atom. The smallest absolute Gasteiger partial charge is 0.0788 e. The molecule has 0 amide bonds. The second-order valence-electron chi connectivity index (χ2n) is 13.3. The summed E-state index contributed by atoms with van der Waals surface area (Å²) in [7, 11) is 0. The van der Waals surface area contributed by atoms with Crippen molar-refractivity contribution in [2.45, 2.75) is 5.41 Å². The monoisotopic (exact) mass is 620 g/mol. The van der Waals surface area contributed by atoms with Crippen LogP contribution in [0, 0.1) is 0 Å². The Bertz CT molecular complexity index is 2780. The molecule has 0 unspecified atom stereocenters. The van der Waals surface area contributed by atoms with Crippen molar-refractivity contribution < 1.29 is 0 Å². The molecule has 1 spiro atoms. The van der Waals surface area contributed by atoms with Crippen LogP contribution in [0.3, 0.4) is 0 Å². The van der Waals surface area contributed by atoms with Gasteiger partial charge in [-0.1, -0.05) is 133 Å². The van der Waals surface area contributed by atoms with Crippen LogP contribution in [0.5, 0.6) is 0 Å². The molecule has 2 nitrogen and oxygen atoms in total. The molecule has 0 bridgehead atoms. The Kier molecular flexibility index (Phi) is 5.34. The second kappa shape index (κ2) is 9.82. The maximum Gasteiger partial charge on any atom is 0.0788 e. The summed E-state index contributed by atoms with van der Waals surface area (Å²) in [5.41, 5.74) is 16.6. The second-order valence-corrected chi connectivity index (χ2v) is 13.3. The minimum absolute atomic E-state index is 0.382. The molecule has 0 N–H and O–H groups in total. The van der Waals surface area contributed by atoms with Gasteiger partial charge in [0, 0.05) is 33.5 Å². The summed E-state index contributed by atoms with van der Waals surface area (Å²) >= 11 is 0. The molecule has 0 atom stereocenters. The van der Waals surface area contributed by atoms with Crippen molar-refractivity contribution in [1.29, 1.82) is 0 Å². The van der Waals surface area contributed by atoms with E-state index in [1.54, 1.807) is 0 Å². The molecular weight excluding hydrogens is 593 g/mol. The number of pyridine rings is 2. The van der Waals surface area contributed by atoms with Gasteiger partial charge in [-0.15, -0.1) is 0 Å². The van der Waals surface area contributed by atoms with Crippen LogP contribution in [0.4, 0.5) is 0 Å². The van der Waals surface area contributed by atoms with Crippen molar-refractivity contribution >= 4 is 32.6 Å². The average Bonchev–Trinajstić information content (AvgIpc) is 3.64. The first-order chi connectivity index (χ1) is 24.3. The fraction of sp³-hybridized carbons (Fsp3) is 0.0213. The Morgan fingerprint density at radius 3 is 1.65 bits per heavy atom. The van der Waals surface area contributed by atoms with Gasteiger partial charge in [0.25, 0.3) is 0 Å². The number of aromatic nitrogens is 2. The molecule has 2 aliphatic rings. The van der Waals surface area contributed by atoms with Crippen LogP contribution in [-0.4, -0.2) is 9.97 Å². The molecule has 11 rings (SSSR count). The van der Waals surface area contributed by atoms with E-state index in [2.05, 4.69) is 158 Å². The predicted molar refractivity (Wildman–Crippen MR) is 202 cm³/mol. The van der Waals surface area contributed by atoms with E-state index < -0.39 is 0 Å². The van der Waals surface area contributed by atoms with Crippen LogP contribution in [0.1, 0.15) is 22.3 Å². The quantitative estimate of drug-likeness (QED) is 0.180. The highest BCUT2D eigenvalue weighted by molar-refractivity contribution is 6.14. The molecule has 0 aliphatic heterocycles. The Hall–Kier alpha value is -6.38. The van der Waals surface area contributed by atoms with Crippen molar-refractivity contribution in [2.75, 3.05) is 0 Å². The Labute approximate surface area is 284 Å². The third-order valence-corrected chi connectivity index (χ3v) is 10.9. The molecule has 2 heterocycles. The van der Waals surface area contributed by atoms with Gasteiger partial charge in [0.15, 0.2) is 0 Å². The lowest BCUT2D eigenvalue weighted by atomic mass is 9.70. The minimum atomic E-state index is -0.382. The fourth-order valence-corrected chi connectivity index (χ4v) is 8.81. The number of benzene rings is 7. The summed E-state index contributed by atoms with van der Waals surface area (Å²) < 4.78 is 0. The lowest BCUT2D eigenvalue weighted by Crippen LogP contribution is -2.25. The standard InChI is InChI=1S/C47H28N2/c1-9-19-44-31(11-1)25-32(28-48-44)29-21-23-30(24-22-29)46-39-26-38-35-14-4-8-18-42(35)47(43(38)27-37(39)36-15-5-10-20-45(36)49-46)40-16-6-2-12-33(40)34-13-3-7-17-41(34)47/h1-28H. The van der Waals surface area contributed by atoms with Crippen molar-refractivity contribution in [3.63, 3.8) is 0 Å². The van der Waals surface area contributed by atoms with Gasteiger partial charge in [-0.25, -0.2) is 4.98 Å². The normalized spacial score (nSPS) is 13.5. The van der Waals surface area contributed by atoms with E-state index in [0.717, 1.165) is 38.8 Å². The highest BCUT2D eigenvalue weighted by Gasteiger charge is 2.51. The Balaban J connectivity index is 1.18. The van der Waals surface area contributed by atoms with E-state index in [0.29, 0.717) is 0 Å². The summed E-state index contributed by atoms with van der Waals surface area (Å²) in [5, 5.41) is 4.72. The van der Waals surface area contributed by atoms with E-state index in [1.165, 1.54) is 60.7 Å². The van der Waals surface area contributed by atoms with E-state index in [4.69, 9.17) is 9.97 Å². The molecule has 0 saturated heterocycles. The molecule has 2 aliphatic carbocycles. The van der Waals surface area contributed by atoms with Gasteiger partial charge in [0.1, 0.15) is 0 Å². The number of hydrogen-bond donors (Lipinski definition) is 0. The van der Waals surface area contributed by atoms with E-state index in [-0.39, 0.29) is 5.41 Å². The molecule has 226 valence electrons. The molecule has 2 aromatic heterocycles. The maximum absolute atomic E-state index is 5.35. The molecule has 49 heavy (non-hydrogen) atoms. The van der Waals surface area contributed by atoms with Gasteiger partial charge in [0.2, 0.25) is 0 Å². The number of hydrogen-bond acceptors (Lipinski definition) is 2. The van der Waals surface area contributed by atoms with Gasteiger partial charge >= 0.3 is 0 Å². The summed E-state index contributed by atoms with van der Waals surface area (Å²) in [6, 6.07) is 59.9. The van der Waals surface area contributed by atoms with Gasteiger partial charge in [-0.2, -0.15) is 0 Å². The van der Waals surface area contributed by atoms with Crippen LogP contribution in [0.25, 0.3) is 77.2 Å². The van der Waals surface area contributed by atoms with Crippen LogP contribution < -0.4 is 0 Å². The van der Waals surface area contributed by atoms with Crippen LogP contribution >= 0.6 is 0 Å². The Morgan fingerprint density at radius 1 is 0.367 bits per heavy atom. The number of rotatable bonds is 2. The van der Waals surface area contributed by atoms with E-state index in [9.17, 15) is 0 Å². The zero-order valence-corrected chi connectivity index (χ0v) is 26.6. The lowest BCUT2D eigenvalue weighted by Gasteiger charge is -2.30. The molecule has 9 aromatic rings. The van der Waals surface area contributed by atoms with Crippen molar-refractivity contribution in [1.82, 2.24) is 9.97 Å². The topological polar surface area (TPSA) is 25.8 Å². The molecule has 2 heteroatoms. The molecular formula is C47H28N2. The van der Waals surface area contributed by atoms with Gasteiger partial charge in [-0.3, -0.25) is 4.98 Å². The first-order valence-corrected chi connectivity index (χ1v) is 16.9. The summed E-state index contributed by atoms with van der Waals surface area (Å²) in [6.45, 7) is 0. The molecule has 0 fully saturated rings. The molecule has 0 saturated carbocycles. The third-order valence-electron chi connectivity index (χ3n) is 10.9. The largest absolute Gasteiger partial charge is 0.256 e. The zero-order chi connectivity index (χ0) is 32.1. The summed E-state index contributed by atoms with van der Waals surface area (Å²) in [6.07, 6.45) is 1.97. The van der Waals surface area contributed by atoms with Gasteiger partial charge in [0.05, 0.1) is 22.1 Å². The van der Waals surface area contributed by atoms with E-state index in [1.807, 2.05) is 12.3 Å². The summed E-state index contributed by atoms with van der Waals surface area (Å²) in [5.74, 6) is 0. The van der Waals surface area contributed by atoms with Crippen molar-refractivity contribution in [3.05, 3.63) is 192 Å². The molecule has 7 aromatic carbocycles. The van der Waals surface area contributed by atoms with Crippen molar-refractivity contribution in [2.24, 2.45) is 0 Å². The van der Waals surface area contributed by atoms with Crippen LogP contribution in [0.2, 0.25) is 0 Å². The van der Waals surface area contributed by atoms with Gasteiger partial charge < -0.3 is 0 Å². The SMILES string of the molecule is c1ccc2c(c1)-c1ccccc1C21c2ccccc2-c2cc3c(-c4ccc(-c5cnc6ccccc6c5)cc4)nc4ccccc4c3cc21. The van der Waals surface area contributed by atoms with Crippen LogP contribution in [-0.2, 0) is 5.41 Å². The van der Waals surface area contributed by atoms with E-state index >= 15 is 0 Å². The number of fused-ring (bicyclic) bond motifs is 14. The highest BCUT2D eigenvalue weighted by Crippen LogP contribution is 2.63. The number of nitrogens with zero attached hydrogens (tertiary/aromatic N) is 2. The zero-order valence-electron chi connectivity index (χ0n) is 26.6. The molecule has 0 radical (unpaired) electrons. The minimum Gasteiger partial charge on any atom is -0.256 e. The maximum atomic E-state index is 5.35. The van der Waals surface area contributed by atoms with Crippen LogP contribution in [0.15, 0.2) is 170 Å². The van der Waals surface area contributed by atoms with Crippen molar-refractivity contribution in [3.8, 4) is 44.6 Å². The number of para-hydroxylation sites is 2. The summed E-state index contributed by atoms with van der Waals surface area (Å²) in [4.78, 5) is 10.1. The van der Waals surface area contributed by atoms with Gasteiger partial charge in [-0.05, 0) is 85.8 Å². The first kappa shape index (κ1) is 26.7. The first-order valence-electron chi connectivity index (χ1n) is 16.9. The highest BCUT2D eigenvalue weighted by atomic mass is 14.7. The fourth-order valence-electron chi connectivity index (χ4n) is 8.81. The lowest BCUT2D eigenvalue weighted by molar-refractivity contribution is 0.795. The average molecular weight is 621 g/mol. The third kappa shape index (κ3) is 3.55.